The molecule has 0 aromatic heterocycles. The number of carbonyl (C=O) groups is 2. The van der Waals surface area contributed by atoms with Crippen LogP contribution in [0.2, 0.25) is 5.02 Å². The van der Waals surface area contributed by atoms with Gasteiger partial charge in [0.15, 0.2) is 0 Å². The topological polar surface area (TPSA) is 67.4 Å². The van der Waals surface area contributed by atoms with Gasteiger partial charge >= 0.3 is 5.97 Å². The van der Waals surface area contributed by atoms with Crippen molar-refractivity contribution in [3.05, 3.63) is 64.2 Å². The average Bonchev–Trinajstić information content (AvgIpc) is 2.61. The SMILES string of the molecule is COC(=O)c1ccc(C)c(NC(=O)CN[C@H](C)c2ccccc2Cl)c1. The van der Waals surface area contributed by atoms with Gasteiger partial charge in [-0.05, 0) is 43.2 Å². The van der Waals surface area contributed by atoms with E-state index in [9.17, 15) is 9.59 Å². The Bertz CT molecular complexity index is 777. The lowest BCUT2D eigenvalue weighted by Crippen LogP contribution is -2.30. The fraction of sp³-hybridized carbons (Fsp3) is 0.263. The number of esters is 1. The molecule has 25 heavy (non-hydrogen) atoms. The number of methoxy groups -OCH3 is 1. The number of anilines is 1. The Balaban J connectivity index is 1.98. The lowest BCUT2D eigenvalue weighted by Gasteiger charge is -2.16. The highest BCUT2D eigenvalue weighted by molar-refractivity contribution is 6.31. The molecule has 0 saturated carbocycles. The first-order valence-electron chi connectivity index (χ1n) is 7.89. The van der Waals surface area contributed by atoms with E-state index in [2.05, 4.69) is 10.6 Å². The molecule has 2 aromatic carbocycles. The summed E-state index contributed by atoms with van der Waals surface area (Å²) in [5.74, 6) is -0.648. The van der Waals surface area contributed by atoms with Crippen molar-refractivity contribution in [3.8, 4) is 0 Å². The third kappa shape index (κ3) is 5.05. The van der Waals surface area contributed by atoms with E-state index in [0.29, 0.717) is 16.3 Å². The number of hydrogen-bond acceptors (Lipinski definition) is 4. The molecule has 0 fully saturated rings. The fourth-order valence-corrected chi connectivity index (χ4v) is 2.68. The summed E-state index contributed by atoms with van der Waals surface area (Å²) in [5.41, 5.74) is 2.77. The van der Waals surface area contributed by atoms with Crippen molar-refractivity contribution >= 4 is 29.2 Å². The number of hydrogen-bond donors (Lipinski definition) is 2. The van der Waals surface area contributed by atoms with Crippen molar-refractivity contribution in [2.24, 2.45) is 0 Å². The van der Waals surface area contributed by atoms with Crippen LogP contribution in [-0.2, 0) is 9.53 Å². The molecular weight excluding hydrogens is 340 g/mol. The summed E-state index contributed by atoms with van der Waals surface area (Å²) in [6.07, 6.45) is 0. The van der Waals surface area contributed by atoms with E-state index in [1.807, 2.05) is 38.1 Å². The van der Waals surface area contributed by atoms with Crippen molar-refractivity contribution < 1.29 is 14.3 Å². The van der Waals surface area contributed by atoms with Crippen LogP contribution in [0.5, 0.6) is 0 Å². The van der Waals surface area contributed by atoms with E-state index in [4.69, 9.17) is 16.3 Å². The number of ether oxygens (including phenoxy) is 1. The number of nitrogens with one attached hydrogen (secondary N) is 2. The van der Waals surface area contributed by atoms with Crippen molar-refractivity contribution in [2.75, 3.05) is 19.0 Å². The highest BCUT2D eigenvalue weighted by Crippen LogP contribution is 2.22. The van der Waals surface area contributed by atoms with E-state index >= 15 is 0 Å². The van der Waals surface area contributed by atoms with Gasteiger partial charge in [0.1, 0.15) is 0 Å². The molecule has 0 heterocycles. The van der Waals surface area contributed by atoms with E-state index in [0.717, 1.165) is 11.1 Å². The number of halogens is 1. The van der Waals surface area contributed by atoms with Gasteiger partial charge in [-0.3, -0.25) is 4.79 Å². The van der Waals surface area contributed by atoms with Gasteiger partial charge in [-0.15, -0.1) is 0 Å². The van der Waals surface area contributed by atoms with Crippen molar-refractivity contribution in [1.82, 2.24) is 5.32 Å². The summed E-state index contributed by atoms with van der Waals surface area (Å²) in [6.45, 7) is 3.92. The zero-order valence-electron chi connectivity index (χ0n) is 14.4. The van der Waals surface area contributed by atoms with Crippen LogP contribution < -0.4 is 10.6 Å². The number of benzene rings is 2. The quantitative estimate of drug-likeness (QED) is 0.770. The normalized spacial score (nSPS) is 11.7. The van der Waals surface area contributed by atoms with Crippen LogP contribution in [0.3, 0.4) is 0 Å². The minimum atomic E-state index is -0.444. The second kappa shape index (κ2) is 8.65. The van der Waals surface area contributed by atoms with Gasteiger partial charge in [-0.2, -0.15) is 0 Å². The molecule has 0 bridgehead atoms. The summed E-state index contributed by atoms with van der Waals surface area (Å²) >= 11 is 6.16. The molecule has 2 rings (SSSR count). The lowest BCUT2D eigenvalue weighted by atomic mass is 10.1. The Morgan fingerprint density at radius 2 is 1.92 bits per heavy atom. The molecule has 0 radical (unpaired) electrons. The molecule has 0 aliphatic carbocycles. The zero-order chi connectivity index (χ0) is 18.4. The molecule has 6 heteroatoms. The van der Waals surface area contributed by atoms with Crippen LogP contribution in [0.1, 0.15) is 34.5 Å². The van der Waals surface area contributed by atoms with Crippen molar-refractivity contribution in [1.29, 1.82) is 0 Å². The van der Waals surface area contributed by atoms with Crippen LogP contribution in [-0.4, -0.2) is 25.5 Å². The monoisotopic (exact) mass is 360 g/mol. The van der Waals surface area contributed by atoms with E-state index in [1.54, 1.807) is 18.2 Å². The minimum Gasteiger partial charge on any atom is -0.465 e. The summed E-state index contributed by atoms with van der Waals surface area (Å²) < 4.78 is 4.70. The third-order valence-electron chi connectivity index (χ3n) is 3.87. The van der Waals surface area contributed by atoms with Gasteiger partial charge in [0, 0.05) is 16.8 Å². The number of amides is 1. The molecule has 1 atom stereocenters. The Kier molecular flexibility index (Phi) is 6.56. The molecule has 0 aliphatic rings. The smallest absolute Gasteiger partial charge is 0.337 e. The second-order valence-electron chi connectivity index (χ2n) is 5.69. The van der Waals surface area contributed by atoms with E-state index in [1.165, 1.54) is 7.11 Å². The van der Waals surface area contributed by atoms with Crippen LogP contribution in [0, 0.1) is 6.92 Å². The molecule has 0 aliphatic heterocycles. The third-order valence-corrected chi connectivity index (χ3v) is 4.22. The largest absolute Gasteiger partial charge is 0.465 e. The van der Waals surface area contributed by atoms with Crippen molar-refractivity contribution in [2.45, 2.75) is 19.9 Å². The summed E-state index contributed by atoms with van der Waals surface area (Å²) in [7, 11) is 1.32. The molecule has 132 valence electrons. The maximum Gasteiger partial charge on any atom is 0.337 e. The van der Waals surface area contributed by atoms with Crippen molar-refractivity contribution in [3.63, 3.8) is 0 Å². The number of carbonyl (C=O) groups excluding carboxylic acids is 2. The van der Waals surface area contributed by atoms with Gasteiger partial charge in [0.05, 0.1) is 19.2 Å². The molecule has 0 spiro atoms. The number of rotatable bonds is 6. The predicted molar refractivity (Wildman–Crippen MR) is 99.0 cm³/mol. The highest BCUT2D eigenvalue weighted by atomic mass is 35.5. The number of aryl methyl sites for hydroxylation is 1. The maximum atomic E-state index is 12.2. The van der Waals surface area contributed by atoms with Gasteiger partial charge in [-0.1, -0.05) is 35.9 Å². The van der Waals surface area contributed by atoms with Gasteiger partial charge < -0.3 is 15.4 Å². The first-order chi connectivity index (χ1) is 11.9. The summed E-state index contributed by atoms with van der Waals surface area (Å²) in [5, 5.41) is 6.61. The van der Waals surface area contributed by atoms with Gasteiger partial charge in [0.25, 0.3) is 0 Å². The zero-order valence-corrected chi connectivity index (χ0v) is 15.2. The van der Waals surface area contributed by atoms with Crippen LogP contribution >= 0.6 is 11.6 Å². The second-order valence-corrected chi connectivity index (χ2v) is 6.10. The first-order valence-corrected chi connectivity index (χ1v) is 8.26. The van der Waals surface area contributed by atoms with E-state index < -0.39 is 5.97 Å². The molecule has 5 nitrogen and oxygen atoms in total. The van der Waals surface area contributed by atoms with Crippen LogP contribution in [0.25, 0.3) is 0 Å². The fourth-order valence-electron chi connectivity index (χ4n) is 2.38. The first kappa shape index (κ1) is 19.0. The minimum absolute atomic E-state index is 0.0676. The predicted octanol–water partition coefficient (Wildman–Crippen LogP) is 3.72. The standard InChI is InChI=1S/C19H21ClN2O3/c1-12-8-9-14(19(24)25-3)10-17(12)22-18(23)11-21-13(2)15-6-4-5-7-16(15)20/h4-10,13,21H,11H2,1-3H3,(H,22,23)/t13-/m1/s1. The maximum absolute atomic E-state index is 12.2. The van der Waals surface area contributed by atoms with E-state index in [-0.39, 0.29) is 18.5 Å². The summed E-state index contributed by atoms with van der Waals surface area (Å²) in [6, 6.07) is 12.5. The molecular formula is C19H21ClN2O3. The highest BCUT2D eigenvalue weighted by Gasteiger charge is 2.13. The Hall–Kier alpha value is -2.37. The Labute approximate surface area is 152 Å². The Morgan fingerprint density at radius 3 is 2.60 bits per heavy atom. The Morgan fingerprint density at radius 1 is 1.20 bits per heavy atom. The van der Waals surface area contributed by atoms with Crippen LogP contribution in [0.15, 0.2) is 42.5 Å². The molecule has 0 saturated heterocycles. The average molecular weight is 361 g/mol. The van der Waals surface area contributed by atoms with Gasteiger partial charge in [-0.25, -0.2) is 4.79 Å². The lowest BCUT2D eigenvalue weighted by molar-refractivity contribution is -0.115. The van der Waals surface area contributed by atoms with Crippen LogP contribution in [0.4, 0.5) is 5.69 Å². The molecule has 2 N–H and O–H groups in total. The summed E-state index contributed by atoms with van der Waals surface area (Å²) in [4.78, 5) is 23.8. The van der Waals surface area contributed by atoms with Gasteiger partial charge in [0.2, 0.25) is 5.91 Å². The molecule has 1 amide bonds. The molecule has 2 aromatic rings. The molecule has 0 unspecified atom stereocenters.